The summed E-state index contributed by atoms with van der Waals surface area (Å²) in [6.07, 6.45) is 6.11. The van der Waals surface area contributed by atoms with Crippen LogP contribution in [0.25, 0.3) is 0 Å². The van der Waals surface area contributed by atoms with Gasteiger partial charge in [0.15, 0.2) is 0 Å². The van der Waals surface area contributed by atoms with Gasteiger partial charge in [-0.15, -0.1) is 0 Å². The predicted molar refractivity (Wildman–Crippen MR) is 126 cm³/mol. The molecule has 3 rings (SSSR count). The number of rotatable bonds is 13. The van der Waals surface area contributed by atoms with Crippen molar-refractivity contribution in [1.29, 1.82) is 0 Å². The van der Waals surface area contributed by atoms with Gasteiger partial charge >= 0.3 is 11.9 Å². The van der Waals surface area contributed by atoms with Crippen LogP contribution in [0.4, 0.5) is 0 Å². The van der Waals surface area contributed by atoms with E-state index >= 15 is 0 Å². The van der Waals surface area contributed by atoms with Gasteiger partial charge in [-0.3, -0.25) is 19.2 Å². The Morgan fingerprint density at radius 3 is 2.14 bits per heavy atom. The number of hydrogen-bond acceptors (Lipinski definition) is 8. The first-order chi connectivity index (χ1) is 17.7. The highest BCUT2D eigenvalue weighted by atomic mass is 16.4. The fourth-order valence-electron chi connectivity index (χ4n) is 4.09. The lowest BCUT2D eigenvalue weighted by Crippen LogP contribution is -2.58. The van der Waals surface area contributed by atoms with E-state index in [0.29, 0.717) is 24.2 Å². The number of aliphatic carboxylic acids is 2. The molecule has 3 heterocycles. The van der Waals surface area contributed by atoms with Gasteiger partial charge in [0, 0.05) is 49.6 Å². The molecule has 1 fully saturated rings. The Bertz CT molecular complexity index is 1090. The number of hydrogen-bond donors (Lipinski definition) is 7. The molecule has 4 atom stereocenters. The molecule has 0 radical (unpaired) electrons. The van der Waals surface area contributed by atoms with Crippen molar-refractivity contribution in [1.82, 2.24) is 35.5 Å². The van der Waals surface area contributed by atoms with Crippen LogP contribution in [-0.4, -0.2) is 95.4 Å². The first kappa shape index (κ1) is 27.3. The number of carbonyl (C=O) groups excluding carboxylic acids is 3. The van der Waals surface area contributed by atoms with Gasteiger partial charge in [0.05, 0.1) is 18.7 Å². The minimum absolute atomic E-state index is 0.0102. The fraction of sp³-hybridized carbons (Fsp3) is 0.500. The minimum Gasteiger partial charge on any atom is -0.481 e. The quantitative estimate of drug-likeness (QED) is 0.156. The van der Waals surface area contributed by atoms with Crippen LogP contribution in [0.3, 0.4) is 0 Å². The Balaban J connectivity index is 1.78. The number of imidazole rings is 2. The Morgan fingerprint density at radius 2 is 1.59 bits per heavy atom. The first-order valence-electron chi connectivity index (χ1n) is 11.7. The predicted octanol–water partition coefficient (Wildman–Crippen LogP) is -1.84. The van der Waals surface area contributed by atoms with Crippen molar-refractivity contribution in [2.24, 2.45) is 5.73 Å². The van der Waals surface area contributed by atoms with Crippen LogP contribution in [0.2, 0.25) is 0 Å². The second-order valence-corrected chi connectivity index (χ2v) is 8.75. The third-order valence-corrected chi connectivity index (χ3v) is 6.03. The Labute approximate surface area is 211 Å². The van der Waals surface area contributed by atoms with Crippen LogP contribution in [0.5, 0.6) is 0 Å². The highest BCUT2D eigenvalue weighted by Gasteiger charge is 2.38. The molecular formula is C22H30N8O7. The van der Waals surface area contributed by atoms with Gasteiger partial charge in [-0.05, 0) is 19.3 Å². The summed E-state index contributed by atoms with van der Waals surface area (Å²) in [5, 5.41) is 23.5. The zero-order valence-corrected chi connectivity index (χ0v) is 19.9. The maximum Gasteiger partial charge on any atom is 0.326 e. The molecule has 0 spiro atoms. The SMILES string of the molecule is NC(CCC(=O)O)C(=O)NC(Cc1cnc[nH]1)C(=O)NC(Cc1cnc[nH]1)C(=O)N1CCCC1C(=O)O. The molecule has 2 aromatic heterocycles. The lowest BCUT2D eigenvalue weighted by atomic mass is 10.1. The zero-order chi connectivity index (χ0) is 26.9. The van der Waals surface area contributed by atoms with Gasteiger partial charge in [0.25, 0.3) is 0 Å². The summed E-state index contributed by atoms with van der Waals surface area (Å²) < 4.78 is 0. The van der Waals surface area contributed by atoms with Gasteiger partial charge in [-0.25, -0.2) is 14.8 Å². The van der Waals surface area contributed by atoms with E-state index in [4.69, 9.17) is 10.8 Å². The lowest BCUT2D eigenvalue weighted by Gasteiger charge is -2.28. The number of carbonyl (C=O) groups is 5. The molecule has 200 valence electrons. The summed E-state index contributed by atoms with van der Waals surface area (Å²) in [5.41, 5.74) is 6.85. The van der Waals surface area contributed by atoms with Crippen LogP contribution >= 0.6 is 0 Å². The molecule has 1 saturated heterocycles. The molecule has 0 saturated carbocycles. The number of amides is 3. The second kappa shape index (κ2) is 12.6. The van der Waals surface area contributed by atoms with Crippen LogP contribution in [0, 0.1) is 0 Å². The summed E-state index contributed by atoms with van der Waals surface area (Å²) in [6, 6.07) is -4.50. The molecule has 3 amide bonds. The molecule has 2 aromatic rings. The third-order valence-electron chi connectivity index (χ3n) is 6.03. The van der Waals surface area contributed by atoms with E-state index in [1.54, 1.807) is 0 Å². The molecule has 4 unspecified atom stereocenters. The summed E-state index contributed by atoms with van der Waals surface area (Å²) in [6.45, 7) is 0.234. The van der Waals surface area contributed by atoms with Crippen molar-refractivity contribution in [3.05, 3.63) is 36.4 Å². The number of nitrogens with two attached hydrogens (primary N) is 1. The number of aromatic amines is 2. The van der Waals surface area contributed by atoms with E-state index in [0.717, 1.165) is 0 Å². The monoisotopic (exact) mass is 518 g/mol. The number of nitrogens with zero attached hydrogens (tertiary/aromatic N) is 3. The van der Waals surface area contributed by atoms with E-state index in [-0.39, 0.29) is 32.2 Å². The Kier molecular flexibility index (Phi) is 9.32. The van der Waals surface area contributed by atoms with Crippen LogP contribution in [0.1, 0.15) is 37.1 Å². The molecule has 37 heavy (non-hydrogen) atoms. The molecule has 1 aliphatic rings. The topological polar surface area (TPSA) is 236 Å². The van der Waals surface area contributed by atoms with Crippen LogP contribution < -0.4 is 16.4 Å². The van der Waals surface area contributed by atoms with E-state index < -0.39 is 53.8 Å². The molecule has 0 aliphatic carbocycles. The van der Waals surface area contributed by atoms with Crippen molar-refractivity contribution in [2.75, 3.05) is 6.54 Å². The summed E-state index contributed by atoms with van der Waals surface area (Å²) in [4.78, 5) is 76.5. The smallest absolute Gasteiger partial charge is 0.326 e. The van der Waals surface area contributed by atoms with Crippen molar-refractivity contribution in [3.63, 3.8) is 0 Å². The number of aromatic nitrogens is 4. The number of likely N-dealkylation sites (tertiary alicyclic amines) is 1. The lowest BCUT2D eigenvalue weighted by molar-refractivity contribution is -0.149. The zero-order valence-electron chi connectivity index (χ0n) is 19.9. The number of H-pyrrole nitrogens is 2. The first-order valence-corrected chi connectivity index (χ1v) is 11.7. The van der Waals surface area contributed by atoms with E-state index in [1.165, 1.54) is 29.9 Å². The summed E-state index contributed by atoms with van der Waals surface area (Å²) in [7, 11) is 0. The highest BCUT2D eigenvalue weighted by molar-refractivity contribution is 5.94. The van der Waals surface area contributed by atoms with Gasteiger partial charge in [0.1, 0.15) is 18.1 Å². The normalized spacial score (nSPS) is 17.5. The minimum atomic E-state index is -1.19. The molecule has 15 nitrogen and oxygen atoms in total. The molecule has 1 aliphatic heterocycles. The summed E-state index contributed by atoms with van der Waals surface area (Å²) in [5.74, 6) is -4.26. The van der Waals surface area contributed by atoms with E-state index in [9.17, 15) is 29.1 Å². The largest absolute Gasteiger partial charge is 0.481 e. The van der Waals surface area contributed by atoms with Gasteiger partial charge in [-0.2, -0.15) is 0 Å². The average molecular weight is 519 g/mol. The average Bonchev–Trinajstić information content (AvgIpc) is 3.64. The molecule has 15 heteroatoms. The Morgan fingerprint density at radius 1 is 1.00 bits per heavy atom. The molecule has 8 N–H and O–H groups in total. The summed E-state index contributed by atoms with van der Waals surface area (Å²) >= 11 is 0. The van der Waals surface area contributed by atoms with Crippen LogP contribution in [-0.2, 0) is 36.8 Å². The van der Waals surface area contributed by atoms with Crippen molar-refractivity contribution in [3.8, 4) is 0 Å². The van der Waals surface area contributed by atoms with Crippen molar-refractivity contribution < 1.29 is 34.2 Å². The van der Waals surface area contributed by atoms with Gasteiger partial charge < -0.3 is 41.4 Å². The van der Waals surface area contributed by atoms with Crippen molar-refractivity contribution in [2.45, 2.75) is 62.7 Å². The standard InChI is InChI=1S/C22H30N8O7/c23-14(3-4-18(31)32)19(33)28-15(6-12-8-24-10-26-12)20(34)29-16(7-13-9-25-11-27-13)21(35)30-5-1-2-17(30)22(36)37/h8-11,14-17H,1-7,23H2,(H,24,26)(H,25,27)(H,28,33)(H,29,34)(H,31,32)(H,36,37). The maximum absolute atomic E-state index is 13.4. The Hall–Kier alpha value is -4.27. The number of carboxylic acid groups (broad SMARTS) is 2. The maximum atomic E-state index is 13.4. The molecule has 0 bridgehead atoms. The third kappa shape index (κ3) is 7.60. The van der Waals surface area contributed by atoms with Gasteiger partial charge in [0.2, 0.25) is 17.7 Å². The molecule has 0 aromatic carbocycles. The van der Waals surface area contributed by atoms with E-state index in [2.05, 4.69) is 30.6 Å². The number of nitrogens with one attached hydrogen (secondary N) is 4. The van der Waals surface area contributed by atoms with Crippen molar-refractivity contribution >= 4 is 29.7 Å². The second-order valence-electron chi connectivity index (χ2n) is 8.75. The van der Waals surface area contributed by atoms with E-state index in [1.807, 2.05) is 0 Å². The van der Waals surface area contributed by atoms with Gasteiger partial charge in [-0.1, -0.05) is 0 Å². The molecular weight excluding hydrogens is 488 g/mol. The van der Waals surface area contributed by atoms with Crippen LogP contribution in [0.15, 0.2) is 25.0 Å². The highest BCUT2D eigenvalue weighted by Crippen LogP contribution is 2.19. The number of carboxylic acids is 2. The fourth-order valence-corrected chi connectivity index (χ4v) is 4.09.